The first-order valence-corrected chi connectivity index (χ1v) is 11.2. The van der Waals surface area contributed by atoms with Gasteiger partial charge in [-0.05, 0) is 29.5 Å². The van der Waals surface area contributed by atoms with Crippen molar-refractivity contribution in [2.24, 2.45) is 5.92 Å². The molecule has 3 aromatic heterocycles. The molecule has 3 heterocycles. The van der Waals surface area contributed by atoms with Gasteiger partial charge in [0.25, 0.3) is 5.56 Å². The molecule has 0 spiro atoms. The van der Waals surface area contributed by atoms with Gasteiger partial charge in [0.15, 0.2) is 5.16 Å². The Morgan fingerprint density at radius 3 is 2.62 bits per heavy atom. The smallest absolute Gasteiger partial charge is 0.268 e. The number of para-hydroxylation sites is 1. The molecule has 6 heteroatoms. The van der Waals surface area contributed by atoms with E-state index in [0.717, 1.165) is 37.3 Å². The van der Waals surface area contributed by atoms with Crippen LogP contribution in [0.25, 0.3) is 26.3 Å². The molecule has 0 N–H and O–H groups in total. The molecule has 0 bridgehead atoms. The summed E-state index contributed by atoms with van der Waals surface area (Å²) in [5.74, 6) is 1.45. The van der Waals surface area contributed by atoms with E-state index in [1.165, 1.54) is 0 Å². The number of hydrogen-bond donors (Lipinski definition) is 0. The summed E-state index contributed by atoms with van der Waals surface area (Å²) >= 11 is 4.84. The van der Waals surface area contributed by atoms with Crippen LogP contribution in [-0.2, 0) is 0 Å². The van der Waals surface area contributed by atoms with Crippen molar-refractivity contribution in [3.05, 3.63) is 63.6 Å². The second-order valence-corrected chi connectivity index (χ2v) is 9.18. The van der Waals surface area contributed by atoms with E-state index >= 15 is 0 Å². The lowest BCUT2D eigenvalue weighted by Gasteiger charge is -2.13. The average Bonchev–Trinajstić information content (AvgIpc) is 3.30. The molecule has 26 heavy (non-hydrogen) atoms. The molecule has 3 nitrogen and oxygen atoms in total. The number of rotatable bonds is 5. The zero-order valence-corrected chi connectivity index (χ0v) is 17.0. The molecule has 4 rings (SSSR count). The molecule has 4 aromatic rings. The zero-order valence-electron chi connectivity index (χ0n) is 14.5. The molecule has 0 aliphatic rings. The van der Waals surface area contributed by atoms with Crippen LogP contribution in [0.1, 0.15) is 13.8 Å². The normalized spacial score (nSPS) is 11.5. The first-order valence-electron chi connectivity index (χ1n) is 8.41. The molecule has 0 fully saturated rings. The molecule has 0 atom stereocenters. The molecule has 0 unspecified atom stereocenters. The summed E-state index contributed by atoms with van der Waals surface area (Å²) in [6.07, 6.45) is 0. The van der Waals surface area contributed by atoms with Gasteiger partial charge in [-0.15, -0.1) is 22.7 Å². The van der Waals surface area contributed by atoms with Gasteiger partial charge in [0, 0.05) is 21.6 Å². The highest BCUT2D eigenvalue weighted by molar-refractivity contribution is 7.99. The Morgan fingerprint density at radius 2 is 1.92 bits per heavy atom. The van der Waals surface area contributed by atoms with E-state index in [2.05, 4.69) is 25.3 Å². The van der Waals surface area contributed by atoms with Crippen molar-refractivity contribution in [2.45, 2.75) is 19.0 Å². The van der Waals surface area contributed by atoms with Crippen molar-refractivity contribution in [1.29, 1.82) is 0 Å². The number of thiophene rings is 2. The van der Waals surface area contributed by atoms with E-state index in [-0.39, 0.29) is 5.56 Å². The second kappa shape index (κ2) is 7.39. The molecule has 0 saturated carbocycles. The van der Waals surface area contributed by atoms with E-state index in [0.29, 0.717) is 5.92 Å². The summed E-state index contributed by atoms with van der Waals surface area (Å²) in [6, 6.07) is 13.9. The van der Waals surface area contributed by atoms with E-state index in [4.69, 9.17) is 4.98 Å². The quantitative estimate of drug-likeness (QED) is 0.309. The maximum Gasteiger partial charge on any atom is 0.268 e. The van der Waals surface area contributed by atoms with Gasteiger partial charge in [-0.25, -0.2) is 4.98 Å². The third-order valence-electron chi connectivity index (χ3n) is 3.92. The van der Waals surface area contributed by atoms with Crippen molar-refractivity contribution in [2.75, 3.05) is 5.75 Å². The fourth-order valence-corrected chi connectivity index (χ4v) is 5.49. The average molecular weight is 399 g/mol. The molecule has 0 aliphatic heterocycles. The number of aromatic nitrogens is 2. The Hall–Kier alpha value is -1.89. The maximum atomic E-state index is 13.5. The summed E-state index contributed by atoms with van der Waals surface area (Å²) in [7, 11) is 0. The first-order chi connectivity index (χ1) is 12.6. The van der Waals surface area contributed by atoms with Gasteiger partial charge in [-0.1, -0.05) is 49.9 Å². The predicted molar refractivity (Wildman–Crippen MR) is 114 cm³/mol. The third-order valence-corrected chi connectivity index (χ3v) is 7.06. The minimum atomic E-state index is 0.0112. The van der Waals surface area contributed by atoms with Crippen LogP contribution >= 0.6 is 34.4 Å². The molecule has 0 aliphatic carbocycles. The Bertz CT molecular complexity index is 1080. The van der Waals surface area contributed by atoms with Gasteiger partial charge < -0.3 is 0 Å². The Morgan fingerprint density at radius 1 is 1.12 bits per heavy atom. The minimum Gasteiger partial charge on any atom is -0.268 e. The van der Waals surface area contributed by atoms with Crippen LogP contribution in [0.2, 0.25) is 0 Å². The van der Waals surface area contributed by atoms with Gasteiger partial charge in [-0.3, -0.25) is 9.36 Å². The van der Waals surface area contributed by atoms with Crippen LogP contribution in [0.3, 0.4) is 0 Å². The van der Waals surface area contributed by atoms with E-state index < -0.39 is 0 Å². The van der Waals surface area contributed by atoms with Crippen LogP contribution in [0.4, 0.5) is 0 Å². The summed E-state index contributed by atoms with van der Waals surface area (Å²) < 4.78 is 1.76. The molecule has 132 valence electrons. The fraction of sp³-hybridized carbons (Fsp3) is 0.200. The number of nitrogens with zero attached hydrogens (tertiary/aromatic N) is 2. The third kappa shape index (κ3) is 3.24. The lowest BCUT2D eigenvalue weighted by Crippen LogP contribution is -2.21. The number of thioether (sulfide) groups is 1. The monoisotopic (exact) mass is 398 g/mol. The molecule has 0 saturated heterocycles. The fourth-order valence-electron chi connectivity index (χ4n) is 2.73. The topological polar surface area (TPSA) is 34.9 Å². The maximum absolute atomic E-state index is 13.5. The van der Waals surface area contributed by atoms with Crippen molar-refractivity contribution >= 4 is 44.7 Å². The Kier molecular flexibility index (Phi) is 4.98. The largest absolute Gasteiger partial charge is 0.268 e. The van der Waals surface area contributed by atoms with Crippen LogP contribution in [0, 0.1) is 5.92 Å². The molecule has 0 amide bonds. The van der Waals surface area contributed by atoms with Crippen molar-refractivity contribution < 1.29 is 0 Å². The van der Waals surface area contributed by atoms with Crippen molar-refractivity contribution in [3.63, 3.8) is 0 Å². The van der Waals surface area contributed by atoms with Gasteiger partial charge >= 0.3 is 0 Å². The summed E-state index contributed by atoms with van der Waals surface area (Å²) in [5, 5.41) is 5.57. The van der Waals surface area contributed by atoms with Crippen molar-refractivity contribution in [1.82, 2.24) is 9.55 Å². The highest BCUT2D eigenvalue weighted by Crippen LogP contribution is 2.35. The summed E-state index contributed by atoms with van der Waals surface area (Å²) in [6.45, 7) is 4.35. The lowest BCUT2D eigenvalue weighted by molar-refractivity contribution is 0.743. The standard InChI is InChI=1S/C20H18N2OS3/c1-13(2)11-26-20-21-18-17(15(12-25-18)16-9-6-10-24-16)19(23)22(20)14-7-4-3-5-8-14/h3-10,12-13H,11H2,1-2H3. The lowest BCUT2D eigenvalue weighted by atomic mass is 10.2. The van der Waals surface area contributed by atoms with Crippen LogP contribution in [-0.4, -0.2) is 15.3 Å². The minimum absolute atomic E-state index is 0.0112. The second-order valence-electron chi connectivity index (χ2n) is 6.38. The summed E-state index contributed by atoms with van der Waals surface area (Å²) in [5.41, 5.74) is 1.86. The van der Waals surface area contributed by atoms with E-state index in [1.54, 1.807) is 39.0 Å². The zero-order chi connectivity index (χ0) is 18.1. The number of fused-ring (bicyclic) bond motifs is 1. The highest BCUT2D eigenvalue weighted by Gasteiger charge is 2.19. The highest BCUT2D eigenvalue weighted by atomic mass is 32.2. The molecular weight excluding hydrogens is 380 g/mol. The van der Waals surface area contributed by atoms with Crippen molar-refractivity contribution in [3.8, 4) is 16.1 Å². The van der Waals surface area contributed by atoms with E-state index in [9.17, 15) is 4.79 Å². The SMILES string of the molecule is CC(C)CSc1nc2scc(-c3cccs3)c2c(=O)n1-c1ccccc1. The first kappa shape index (κ1) is 17.5. The Balaban J connectivity index is 1.98. The molecule has 1 aromatic carbocycles. The van der Waals surface area contributed by atoms with Gasteiger partial charge in [0.05, 0.1) is 11.1 Å². The molecule has 0 radical (unpaired) electrons. The Labute approximate surface area is 164 Å². The van der Waals surface area contributed by atoms with Crippen LogP contribution in [0.15, 0.2) is 63.2 Å². The predicted octanol–water partition coefficient (Wildman–Crippen LogP) is 5.92. The number of benzene rings is 1. The van der Waals surface area contributed by atoms with E-state index in [1.807, 2.05) is 41.8 Å². The van der Waals surface area contributed by atoms with Crippen LogP contribution in [0.5, 0.6) is 0 Å². The summed E-state index contributed by atoms with van der Waals surface area (Å²) in [4.78, 5) is 20.3. The number of hydrogen-bond acceptors (Lipinski definition) is 5. The molecular formula is C20H18N2OS3. The van der Waals surface area contributed by atoms with Gasteiger partial charge in [-0.2, -0.15) is 0 Å². The van der Waals surface area contributed by atoms with Gasteiger partial charge in [0.1, 0.15) is 4.83 Å². The van der Waals surface area contributed by atoms with Gasteiger partial charge in [0.2, 0.25) is 0 Å². The van der Waals surface area contributed by atoms with Crippen LogP contribution < -0.4 is 5.56 Å².